The minimum Gasteiger partial charge on any atom is -0.455 e. The van der Waals surface area contributed by atoms with E-state index in [-0.39, 0.29) is 31.4 Å². The van der Waals surface area contributed by atoms with Crippen LogP contribution in [0.4, 0.5) is 0 Å². The number of likely N-dealkylation sites (tertiary alicyclic amines) is 1. The van der Waals surface area contributed by atoms with Crippen LogP contribution in [0.5, 0.6) is 0 Å². The van der Waals surface area contributed by atoms with Crippen LogP contribution in [-0.2, 0) is 39.8 Å². The van der Waals surface area contributed by atoms with E-state index in [9.17, 15) is 24.3 Å². The molecule has 0 unspecified atom stereocenters. The van der Waals surface area contributed by atoms with E-state index < -0.39 is 59.6 Å². The molecule has 12 nitrogen and oxygen atoms in total. The zero-order valence-corrected chi connectivity index (χ0v) is 31.2. The average molecular weight is 743 g/mol. The first kappa shape index (κ1) is 39.3. The van der Waals surface area contributed by atoms with E-state index in [0.717, 1.165) is 18.7 Å². The molecule has 2 bridgehead atoms. The van der Waals surface area contributed by atoms with Crippen LogP contribution >= 0.6 is 0 Å². The van der Waals surface area contributed by atoms with Crippen LogP contribution in [0.2, 0.25) is 0 Å². The van der Waals surface area contributed by atoms with E-state index in [4.69, 9.17) is 14.2 Å². The molecule has 0 saturated carbocycles. The minimum atomic E-state index is -1.29. The fraction of sp³-hybridized carbons (Fsp3) is 0.524. The molecule has 0 aliphatic carbocycles. The molecule has 4 saturated heterocycles. The van der Waals surface area contributed by atoms with Crippen LogP contribution in [0.3, 0.4) is 0 Å². The number of morpholine rings is 1. The van der Waals surface area contributed by atoms with Crippen molar-refractivity contribution in [1.29, 1.82) is 0 Å². The molecule has 4 aliphatic rings. The second-order valence-electron chi connectivity index (χ2n) is 14.8. The maximum atomic E-state index is 15.0. The SMILES string of the molecule is C=CCCC(=O)N[C@H](C)[C@@H](OC(=O)[C@@H]1[C@@H]2CC[C@]3(O2)[C@H](C(=O)N(CC=C)CCN2CCOCC2)N([C@@H](CO)Cc2ccccc2)C(=O)[C@@H]13)c1ccccc1. The molecule has 0 aromatic heterocycles. The first-order valence-electron chi connectivity index (χ1n) is 19.2. The fourth-order valence-corrected chi connectivity index (χ4v) is 8.82. The number of fused-ring (bicyclic) bond motifs is 1. The zero-order chi connectivity index (χ0) is 38.2. The van der Waals surface area contributed by atoms with Crippen molar-refractivity contribution in [2.45, 2.75) is 75.0 Å². The monoisotopic (exact) mass is 742 g/mol. The summed E-state index contributed by atoms with van der Waals surface area (Å²) in [6.45, 7) is 13.1. The summed E-state index contributed by atoms with van der Waals surface area (Å²) >= 11 is 0. The molecule has 290 valence electrons. The van der Waals surface area contributed by atoms with Crippen LogP contribution < -0.4 is 5.32 Å². The number of esters is 1. The molecule has 2 aromatic carbocycles. The van der Waals surface area contributed by atoms with Crippen molar-refractivity contribution in [3.8, 4) is 0 Å². The van der Waals surface area contributed by atoms with Crippen molar-refractivity contribution in [2.75, 3.05) is 52.5 Å². The highest BCUT2D eigenvalue weighted by Gasteiger charge is 2.75. The smallest absolute Gasteiger partial charge is 0.313 e. The molecular weight excluding hydrogens is 688 g/mol. The number of carbonyl (C=O) groups is 4. The first-order chi connectivity index (χ1) is 26.2. The molecule has 54 heavy (non-hydrogen) atoms. The van der Waals surface area contributed by atoms with E-state index in [0.29, 0.717) is 57.6 Å². The van der Waals surface area contributed by atoms with Gasteiger partial charge in [0.25, 0.3) is 0 Å². The number of benzene rings is 2. The highest BCUT2D eigenvalue weighted by atomic mass is 16.6. The third-order valence-electron chi connectivity index (χ3n) is 11.4. The number of nitrogens with one attached hydrogen (secondary N) is 1. The third-order valence-corrected chi connectivity index (χ3v) is 11.4. The largest absolute Gasteiger partial charge is 0.455 e. The Morgan fingerprint density at radius 2 is 1.78 bits per heavy atom. The molecule has 4 aliphatic heterocycles. The molecule has 8 atom stereocenters. The van der Waals surface area contributed by atoms with Crippen LogP contribution in [0.15, 0.2) is 86.0 Å². The van der Waals surface area contributed by atoms with E-state index >= 15 is 0 Å². The lowest BCUT2D eigenvalue weighted by Gasteiger charge is -2.40. The Balaban J connectivity index is 1.32. The lowest BCUT2D eigenvalue weighted by molar-refractivity contribution is -0.162. The predicted octanol–water partition coefficient (Wildman–Crippen LogP) is 3.07. The number of carbonyl (C=O) groups excluding carboxylic acids is 4. The maximum Gasteiger partial charge on any atom is 0.313 e. The summed E-state index contributed by atoms with van der Waals surface area (Å²) in [5.41, 5.74) is 0.297. The summed E-state index contributed by atoms with van der Waals surface area (Å²) < 4.78 is 18.6. The number of aliphatic hydroxyl groups is 1. The number of hydrogen-bond donors (Lipinski definition) is 2. The van der Waals surface area contributed by atoms with Crippen molar-refractivity contribution in [3.05, 3.63) is 97.1 Å². The normalized spacial score (nSPS) is 26.4. The van der Waals surface area contributed by atoms with Crippen LogP contribution in [-0.4, -0.2) is 126 Å². The van der Waals surface area contributed by atoms with Crippen LogP contribution in [0, 0.1) is 11.8 Å². The molecule has 3 amide bonds. The van der Waals surface area contributed by atoms with Crippen LogP contribution in [0.1, 0.15) is 49.8 Å². The topological polar surface area (TPSA) is 138 Å². The number of ether oxygens (including phenoxy) is 3. The van der Waals surface area contributed by atoms with Crippen molar-refractivity contribution in [2.24, 2.45) is 11.8 Å². The number of nitrogens with zero attached hydrogens (tertiary/aromatic N) is 3. The second kappa shape index (κ2) is 17.9. The molecule has 2 N–H and O–H groups in total. The Morgan fingerprint density at radius 1 is 1.07 bits per heavy atom. The summed E-state index contributed by atoms with van der Waals surface area (Å²) in [4.78, 5) is 62.7. The lowest BCUT2D eigenvalue weighted by Crippen LogP contribution is -2.59. The lowest BCUT2D eigenvalue weighted by atomic mass is 9.70. The number of aliphatic hydroxyl groups excluding tert-OH is 1. The Morgan fingerprint density at radius 3 is 2.44 bits per heavy atom. The van der Waals surface area contributed by atoms with E-state index in [1.165, 1.54) is 4.90 Å². The molecule has 4 fully saturated rings. The molecule has 0 radical (unpaired) electrons. The zero-order valence-electron chi connectivity index (χ0n) is 31.2. The number of allylic oxidation sites excluding steroid dienone is 1. The first-order valence-corrected chi connectivity index (χ1v) is 19.2. The van der Waals surface area contributed by atoms with Gasteiger partial charge in [0.05, 0.1) is 49.8 Å². The van der Waals surface area contributed by atoms with Gasteiger partial charge in [-0.25, -0.2) is 0 Å². The predicted molar refractivity (Wildman–Crippen MR) is 202 cm³/mol. The second-order valence-corrected chi connectivity index (χ2v) is 14.8. The summed E-state index contributed by atoms with van der Waals surface area (Å²) in [6.07, 6.45) is 3.79. The van der Waals surface area contributed by atoms with Crippen molar-refractivity contribution in [1.82, 2.24) is 20.0 Å². The molecule has 6 rings (SSSR count). The average Bonchev–Trinajstić information content (AvgIpc) is 3.85. The van der Waals surface area contributed by atoms with Gasteiger partial charge in [0.2, 0.25) is 17.7 Å². The third kappa shape index (κ3) is 8.17. The summed E-state index contributed by atoms with van der Waals surface area (Å²) in [5, 5.41) is 13.9. The van der Waals surface area contributed by atoms with E-state index in [2.05, 4.69) is 23.4 Å². The van der Waals surface area contributed by atoms with E-state index in [1.807, 2.05) is 60.7 Å². The minimum absolute atomic E-state index is 0.198. The number of amides is 3. The Kier molecular flexibility index (Phi) is 13.0. The summed E-state index contributed by atoms with van der Waals surface area (Å²) in [7, 11) is 0. The van der Waals surface area contributed by atoms with Gasteiger partial charge in [0.1, 0.15) is 17.7 Å². The Labute approximate surface area is 318 Å². The molecule has 1 spiro atoms. The van der Waals surface area contributed by atoms with Crippen LogP contribution in [0.25, 0.3) is 0 Å². The van der Waals surface area contributed by atoms with Gasteiger partial charge in [-0.05, 0) is 43.7 Å². The van der Waals surface area contributed by atoms with Gasteiger partial charge < -0.3 is 34.4 Å². The Hall–Kier alpha value is -4.36. The maximum absolute atomic E-state index is 15.0. The van der Waals surface area contributed by atoms with Gasteiger partial charge in [-0.2, -0.15) is 0 Å². The molecule has 4 heterocycles. The highest BCUT2D eigenvalue weighted by Crippen LogP contribution is 2.59. The molecule has 12 heteroatoms. The van der Waals surface area contributed by atoms with Crippen molar-refractivity contribution in [3.63, 3.8) is 0 Å². The summed E-state index contributed by atoms with van der Waals surface area (Å²) in [5.74, 6) is -3.50. The summed E-state index contributed by atoms with van der Waals surface area (Å²) in [6, 6.07) is 16.3. The fourth-order valence-electron chi connectivity index (χ4n) is 8.82. The van der Waals surface area contributed by atoms with E-state index in [1.54, 1.807) is 24.0 Å². The quantitative estimate of drug-likeness (QED) is 0.175. The molecular formula is C42H54N4O8. The Bertz CT molecular complexity index is 1640. The van der Waals surface area contributed by atoms with Gasteiger partial charge in [-0.3, -0.25) is 24.1 Å². The van der Waals surface area contributed by atoms with Gasteiger partial charge in [-0.15, -0.1) is 13.2 Å². The number of rotatable bonds is 18. The number of hydrogen-bond acceptors (Lipinski definition) is 9. The standard InChI is InChI=1S/C42H54N4O8/c1-4-6-17-34(48)43-29(3)37(31-15-11-8-12-16-31)53-41(51)35-33-18-19-42(54-33)36(35)39(49)46(32(28-47)27-30-13-9-7-10-14-30)38(42)40(50)45(20-5-2)22-21-44-23-25-52-26-24-44/h4-5,7-16,29,32-33,35-38,47H,1-2,6,17-28H2,3H3,(H,43,48)/t29-,32-,33+,35-,36-,37-,38+,42-/m1/s1. The van der Waals surface area contributed by atoms with Crippen molar-refractivity contribution >= 4 is 23.7 Å². The van der Waals surface area contributed by atoms with Gasteiger partial charge in [-0.1, -0.05) is 72.8 Å². The van der Waals surface area contributed by atoms with Gasteiger partial charge in [0.15, 0.2) is 0 Å². The highest BCUT2D eigenvalue weighted by molar-refractivity contribution is 5.98. The van der Waals surface area contributed by atoms with Gasteiger partial charge in [0, 0.05) is 39.1 Å². The van der Waals surface area contributed by atoms with Crippen molar-refractivity contribution < 1.29 is 38.5 Å². The van der Waals surface area contributed by atoms with Gasteiger partial charge >= 0.3 is 5.97 Å². The molecule has 2 aromatic rings.